The molecule has 1 heterocycles. The Morgan fingerprint density at radius 3 is 1.92 bits per heavy atom. The molecule has 0 N–H and O–H groups in total. The zero-order valence-corrected chi connectivity index (χ0v) is 16.4. The van der Waals surface area contributed by atoms with E-state index in [1.165, 1.54) is 5.56 Å². The van der Waals surface area contributed by atoms with E-state index in [1.54, 1.807) is 0 Å². The molecule has 2 atom stereocenters. The summed E-state index contributed by atoms with van der Waals surface area (Å²) >= 11 is 0. The van der Waals surface area contributed by atoms with Gasteiger partial charge in [0.25, 0.3) is 0 Å². The minimum atomic E-state index is -2.93. The van der Waals surface area contributed by atoms with E-state index in [2.05, 4.69) is 61.8 Å². The molecule has 0 fully saturated rings. The van der Waals surface area contributed by atoms with Crippen LogP contribution in [-0.2, 0) is 4.57 Å². The summed E-state index contributed by atoms with van der Waals surface area (Å²) in [5.74, 6) is 0. The zero-order chi connectivity index (χ0) is 18.4. The van der Waals surface area contributed by atoms with Crippen molar-refractivity contribution in [3.8, 4) is 0 Å². The van der Waals surface area contributed by atoms with Crippen LogP contribution < -0.4 is 10.6 Å². The van der Waals surface area contributed by atoms with Gasteiger partial charge < -0.3 is 0 Å². The van der Waals surface area contributed by atoms with Gasteiger partial charge in [-0.05, 0) is 50.1 Å². The second kappa shape index (κ2) is 6.23. The summed E-state index contributed by atoms with van der Waals surface area (Å²) in [5, 5.41) is 1.87. The molecule has 0 bridgehead atoms. The van der Waals surface area contributed by atoms with Crippen molar-refractivity contribution in [3.05, 3.63) is 96.1 Å². The lowest BCUT2D eigenvalue weighted by atomic mass is 9.95. The van der Waals surface area contributed by atoms with Crippen molar-refractivity contribution in [1.29, 1.82) is 0 Å². The quantitative estimate of drug-likeness (QED) is 0.591. The molecule has 0 saturated carbocycles. The Bertz CT molecular complexity index is 960. The molecule has 1 aliphatic heterocycles. The molecule has 1 aliphatic rings. The number of hydrogen-bond donors (Lipinski definition) is 0. The molecule has 0 aliphatic carbocycles. The average Bonchev–Trinajstić information content (AvgIpc) is 2.94. The van der Waals surface area contributed by atoms with E-state index >= 15 is 0 Å². The van der Waals surface area contributed by atoms with Gasteiger partial charge >= 0.3 is 0 Å². The second-order valence-corrected chi connectivity index (χ2v) is 10.4. The first-order valence-electron chi connectivity index (χ1n) is 9.04. The minimum absolute atomic E-state index is 0.0153. The van der Waals surface area contributed by atoms with Gasteiger partial charge in [-0.15, -0.1) is 0 Å². The molecule has 26 heavy (non-hydrogen) atoms. The van der Waals surface area contributed by atoms with Crippen LogP contribution in [0, 0.1) is 0 Å². The van der Waals surface area contributed by atoms with Crippen molar-refractivity contribution in [1.82, 2.24) is 4.67 Å². The Balaban J connectivity index is 2.05. The fraction of sp³-hybridized carbons (Fsp3) is 0.217. The van der Waals surface area contributed by atoms with Crippen LogP contribution >= 0.6 is 7.29 Å². The Morgan fingerprint density at radius 2 is 1.31 bits per heavy atom. The van der Waals surface area contributed by atoms with Crippen molar-refractivity contribution < 1.29 is 4.57 Å². The molecule has 0 saturated heterocycles. The smallest absolute Gasteiger partial charge is 0.208 e. The summed E-state index contributed by atoms with van der Waals surface area (Å²) in [6.45, 7) is 6.47. The summed E-state index contributed by atoms with van der Waals surface area (Å²) < 4.78 is 17.0. The normalized spacial score (nSPS) is 23.0. The maximum absolute atomic E-state index is 14.7. The highest BCUT2D eigenvalue weighted by Gasteiger charge is 2.52. The Labute approximate surface area is 155 Å². The number of fused-ring (bicyclic) bond motifs is 1. The van der Waals surface area contributed by atoms with Gasteiger partial charge in [0.05, 0.1) is 6.04 Å². The Morgan fingerprint density at radius 1 is 0.769 bits per heavy atom. The Hall–Kier alpha value is -2.15. The molecule has 0 spiro atoms. The number of benzene rings is 3. The van der Waals surface area contributed by atoms with Crippen LogP contribution in [0.25, 0.3) is 0 Å². The van der Waals surface area contributed by atoms with Gasteiger partial charge in [0, 0.05) is 16.1 Å². The highest BCUT2D eigenvalue weighted by molar-refractivity contribution is 7.77. The van der Waals surface area contributed by atoms with Gasteiger partial charge in [-0.3, -0.25) is 4.57 Å². The van der Waals surface area contributed by atoms with Crippen molar-refractivity contribution in [2.75, 3.05) is 0 Å². The monoisotopic (exact) mass is 361 g/mol. The highest BCUT2D eigenvalue weighted by atomic mass is 31.2. The van der Waals surface area contributed by atoms with Crippen molar-refractivity contribution in [3.63, 3.8) is 0 Å². The topological polar surface area (TPSA) is 20.3 Å². The molecule has 3 aromatic carbocycles. The summed E-state index contributed by atoms with van der Waals surface area (Å²) in [6, 6.07) is 28.6. The molecule has 2 nitrogen and oxygen atoms in total. The van der Waals surface area contributed by atoms with Crippen LogP contribution in [0.15, 0.2) is 84.9 Å². The SMILES string of the molecule is CC(C)(C)N1[C@@H](c2ccccc2)c2ccccc2[P@]1(=O)c1ccccc1. The average molecular weight is 361 g/mol. The first kappa shape index (κ1) is 17.3. The maximum Gasteiger partial charge on any atom is 0.208 e. The van der Waals surface area contributed by atoms with E-state index in [4.69, 9.17) is 0 Å². The molecular formula is C23H24NOP. The van der Waals surface area contributed by atoms with Crippen LogP contribution in [0.5, 0.6) is 0 Å². The largest absolute Gasteiger partial charge is 0.296 e. The first-order valence-corrected chi connectivity index (χ1v) is 10.7. The summed E-state index contributed by atoms with van der Waals surface area (Å²) in [7, 11) is -2.93. The third kappa shape index (κ3) is 2.57. The fourth-order valence-electron chi connectivity index (χ4n) is 4.06. The summed E-state index contributed by atoms with van der Waals surface area (Å²) in [5.41, 5.74) is 2.08. The van der Waals surface area contributed by atoms with Crippen LogP contribution in [0.3, 0.4) is 0 Å². The van der Waals surface area contributed by atoms with E-state index in [1.807, 2.05) is 48.5 Å². The lowest BCUT2D eigenvalue weighted by molar-refractivity contribution is 0.222. The van der Waals surface area contributed by atoms with Crippen molar-refractivity contribution in [2.45, 2.75) is 32.4 Å². The maximum atomic E-state index is 14.7. The standard InChI is InChI=1S/C23H24NOP/c1-23(2,3)24-22(18-12-6-4-7-13-18)20-16-10-11-17-21(20)26(24,25)19-14-8-5-9-15-19/h4-17,22H,1-3H3/t22-,26+/m0/s1. The predicted molar refractivity (Wildman–Crippen MR) is 110 cm³/mol. The third-order valence-corrected chi connectivity index (χ3v) is 8.51. The molecule has 3 aromatic rings. The molecule has 0 radical (unpaired) electrons. The lowest BCUT2D eigenvalue weighted by Gasteiger charge is -2.41. The molecule has 4 rings (SSSR count). The highest BCUT2D eigenvalue weighted by Crippen LogP contribution is 2.62. The van der Waals surface area contributed by atoms with Gasteiger partial charge in [0.15, 0.2) is 0 Å². The van der Waals surface area contributed by atoms with Crippen molar-refractivity contribution in [2.24, 2.45) is 0 Å². The predicted octanol–water partition coefficient (Wildman–Crippen LogP) is 5.12. The van der Waals surface area contributed by atoms with Gasteiger partial charge in [-0.2, -0.15) is 0 Å². The van der Waals surface area contributed by atoms with Gasteiger partial charge in [0.2, 0.25) is 7.29 Å². The summed E-state index contributed by atoms with van der Waals surface area (Å²) in [6.07, 6.45) is 0. The summed E-state index contributed by atoms with van der Waals surface area (Å²) in [4.78, 5) is 0. The zero-order valence-electron chi connectivity index (χ0n) is 15.5. The van der Waals surface area contributed by atoms with Gasteiger partial charge in [-0.25, -0.2) is 4.67 Å². The minimum Gasteiger partial charge on any atom is -0.296 e. The Kier molecular flexibility index (Phi) is 4.14. The fourth-order valence-corrected chi connectivity index (χ4v) is 7.66. The van der Waals surface area contributed by atoms with Crippen molar-refractivity contribution >= 4 is 17.9 Å². The van der Waals surface area contributed by atoms with E-state index in [0.717, 1.165) is 16.2 Å². The first-order chi connectivity index (χ1) is 12.4. The molecule has 0 aromatic heterocycles. The van der Waals surface area contributed by atoms with Gasteiger partial charge in [0.1, 0.15) is 0 Å². The van der Waals surface area contributed by atoms with Crippen LogP contribution in [0.2, 0.25) is 0 Å². The van der Waals surface area contributed by atoms with E-state index < -0.39 is 7.29 Å². The molecule has 132 valence electrons. The van der Waals surface area contributed by atoms with E-state index in [9.17, 15) is 4.57 Å². The molecule has 3 heteroatoms. The van der Waals surface area contributed by atoms with Crippen LogP contribution in [0.4, 0.5) is 0 Å². The molecule has 0 amide bonds. The van der Waals surface area contributed by atoms with Crippen LogP contribution in [-0.4, -0.2) is 10.2 Å². The second-order valence-electron chi connectivity index (χ2n) is 7.80. The molecule has 0 unspecified atom stereocenters. The van der Waals surface area contributed by atoms with Crippen LogP contribution in [0.1, 0.15) is 37.9 Å². The van der Waals surface area contributed by atoms with E-state index in [0.29, 0.717) is 0 Å². The molecular weight excluding hydrogens is 337 g/mol. The van der Waals surface area contributed by atoms with E-state index in [-0.39, 0.29) is 11.6 Å². The third-order valence-electron chi connectivity index (χ3n) is 5.01. The number of nitrogens with zero attached hydrogens (tertiary/aromatic N) is 1. The van der Waals surface area contributed by atoms with Gasteiger partial charge in [-0.1, -0.05) is 66.7 Å². The number of hydrogen-bond acceptors (Lipinski definition) is 1. The number of rotatable bonds is 2. The lowest BCUT2D eigenvalue weighted by Crippen LogP contribution is -2.41.